The highest BCUT2D eigenvalue weighted by Crippen LogP contribution is 2.24. The number of rotatable bonds is 7. The molecule has 0 bridgehead atoms. The van der Waals surface area contributed by atoms with Crippen molar-refractivity contribution in [1.82, 2.24) is 4.31 Å². The van der Waals surface area contributed by atoms with Crippen LogP contribution in [0, 0.1) is 6.92 Å². The van der Waals surface area contributed by atoms with Crippen LogP contribution < -0.4 is 5.32 Å². The number of aryl methyl sites for hydroxylation is 1. The van der Waals surface area contributed by atoms with Gasteiger partial charge in [0.15, 0.2) is 6.61 Å². The fourth-order valence-corrected chi connectivity index (χ4v) is 4.67. The second-order valence-corrected chi connectivity index (χ2v) is 9.83. The lowest BCUT2D eigenvalue weighted by Crippen LogP contribution is -2.40. The smallest absolute Gasteiger partial charge is 0.338 e. The highest BCUT2D eigenvalue weighted by atomic mass is 32.2. The quantitative estimate of drug-likeness (QED) is 0.638. The Morgan fingerprint density at radius 1 is 1.09 bits per heavy atom. The second-order valence-electron chi connectivity index (χ2n) is 7.89. The first-order chi connectivity index (χ1) is 15.2. The maximum Gasteiger partial charge on any atom is 0.338 e. The minimum atomic E-state index is -3.69. The van der Waals surface area contributed by atoms with Crippen molar-refractivity contribution >= 4 is 27.6 Å². The summed E-state index contributed by atoms with van der Waals surface area (Å²) in [7, 11) is -3.69. The number of hydrogen-bond acceptors (Lipinski definition) is 6. The molecule has 32 heavy (non-hydrogen) atoms. The van der Waals surface area contributed by atoms with E-state index >= 15 is 0 Å². The van der Waals surface area contributed by atoms with Crippen molar-refractivity contribution in [2.75, 3.05) is 38.2 Å². The molecule has 1 amide bonds. The summed E-state index contributed by atoms with van der Waals surface area (Å²) in [5.41, 5.74) is 2.50. The number of carbonyl (C=O) groups excluding carboxylic acids is 2. The van der Waals surface area contributed by atoms with Gasteiger partial charge in [-0.15, -0.1) is 0 Å². The average molecular weight is 461 g/mol. The molecule has 2 aromatic carbocycles. The molecule has 1 fully saturated rings. The van der Waals surface area contributed by atoms with Crippen LogP contribution in [0.1, 0.15) is 41.3 Å². The lowest BCUT2D eigenvalue weighted by molar-refractivity contribution is -0.119. The third kappa shape index (κ3) is 5.73. The summed E-state index contributed by atoms with van der Waals surface area (Å²) in [4.78, 5) is 24.6. The van der Waals surface area contributed by atoms with Gasteiger partial charge < -0.3 is 14.8 Å². The average Bonchev–Trinajstić information content (AvgIpc) is 2.79. The van der Waals surface area contributed by atoms with Crippen LogP contribution >= 0.6 is 0 Å². The van der Waals surface area contributed by atoms with E-state index in [-0.39, 0.29) is 18.0 Å². The van der Waals surface area contributed by atoms with Crippen LogP contribution in [0.25, 0.3) is 0 Å². The van der Waals surface area contributed by atoms with Crippen molar-refractivity contribution in [3.05, 3.63) is 59.2 Å². The zero-order valence-electron chi connectivity index (χ0n) is 18.5. The zero-order valence-corrected chi connectivity index (χ0v) is 19.3. The van der Waals surface area contributed by atoms with Gasteiger partial charge in [0.1, 0.15) is 0 Å². The number of esters is 1. The lowest BCUT2D eigenvalue weighted by atomic mass is 10.0. The van der Waals surface area contributed by atoms with Gasteiger partial charge in [0.05, 0.1) is 23.7 Å². The molecular weight excluding hydrogens is 432 g/mol. The predicted molar refractivity (Wildman–Crippen MR) is 120 cm³/mol. The van der Waals surface area contributed by atoms with Crippen molar-refractivity contribution in [2.24, 2.45) is 0 Å². The number of ether oxygens (including phenoxy) is 2. The largest absolute Gasteiger partial charge is 0.452 e. The van der Waals surface area contributed by atoms with E-state index in [1.165, 1.54) is 16.4 Å². The summed E-state index contributed by atoms with van der Waals surface area (Å²) >= 11 is 0. The Labute approximate surface area is 188 Å². The van der Waals surface area contributed by atoms with Gasteiger partial charge >= 0.3 is 5.97 Å². The lowest BCUT2D eigenvalue weighted by Gasteiger charge is -2.26. The van der Waals surface area contributed by atoms with Gasteiger partial charge in [0.2, 0.25) is 10.0 Å². The third-order valence-corrected chi connectivity index (χ3v) is 7.13. The molecule has 2 aromatic rings. The Kier molecular flexibility index (Phi) is 7.65. The normalized spacial score (nSPS) is 14.9. The molecule has 9 heteroatoms. The monoisotopic (exact) mass is 460 g/mol. The minimum absolute atomic E-state index is 0.0857. The summed E-state index contributed by atoms with van der Waals surface area (Å²) in [6.07, 6.45) is 0. The molecule has 1 N–H and O–H groups in total. The van der Waals surface area contributed by atoms with Crippen molar-refractivity contribution in [3.8, 4) is 0 Å². The van der Waals surface area contributed by atoms with Gasteiger partial charge in [0.25, 0.3) is 5.91 Å². The Morgan fingerprint density at radius 2 is 1.75 bits per heavy atom. The number of hydrogen-bond donors (Lipinski definition) is 1. The first-order valence-electron chi connectivity index (χ1n) is 10.4. The number of anilines is 1. The molecule has 1 aliphatic heterocycles. The van der Waals surface area contributed by atoms with Crippen molar-refractivity contribution in [1.29, 1.82) is 0 Å². The van der Waals surface area contributed by atoms with Gasteiger partial charge in [-0.2, -0.15) is 4.31 Å². The van der Waals surface area contributed by atoms with E-state index in [0.717, 1.165) is 5.56 Å². The maximum atomic E-state index is 12.9. The number of morpholine rings is 1. The van der Waals surface area contributed by atoms with Crippen LogP contribution in [0.4, 0.5) is 5.69 Å². The number of benzene rings is 2. The van der Waals surface area contributed by atoms with Gasteiger partial charge in [-0.05, 0) is 48.2 Å². The molecule has 1 heterocycles. The first kappa shape index (κ1) is 23.9. The van der Waals surface area contributed by atoms with E-state index in [4.69, 9.17) is 9.47 Å². The standard InChI is InChI=1S/C23H28N2O6S/c1-16(2)18-5-7-19(8-6-18)23(27)31-15-22(26)24-21-14-20(9-4-17(21)3)32(28,29)25-10-12-30-13-11-25/h4-9,14,16H,10-13,15H2,1-3H3,(H,24,26). The molecule has 0 aromatic heterocycles. The van der Waals surface area contributed by atoms with E-state index in [1.807, 2.05) is 12.1 Å². The minimum Gasteiger partial charge on any atom is -0.452 e. The number of nitrogens with zero attached hydrogens (tertiary/aromatic N) is 1. The van der Waals surface area contributed by atoms with E-state index in [0.29, 0.717) is 35.9 Å². The van der Waals surface area contributed by atoms with Gasteiger partial charge in [-0.3, -0.25) is 4.79 Å². The Bertz CT molecular complexity index is 1070. The molecule has 0 atom stereocenters. The molecule has 0 radical (unpaired) electrons. The van der Waals surface area contributed by atoms with Gasteiger partial charge in [0, 0.05) is 18.8 Å². The fraction of sp³-hybridized carbons (Fsp3) is 0.391. The summed E-state index contributed by atoms with van der Waals surface area (Å²) in [6.45, 7) is 6.65. The number of carbonyl (C=O) groups is 2. The molecule has 172 valence electrons. The van der Waals surface area contributed by atoms with E-state index in [2.05, 4.69) is 19.2 Å². The van der Waals surface area contributed by atoms with Crippen LogP contribution in [0.5, 0.6) is 0 Å². The Morgan fingerprint density at radius 3 is 2.38 bits per heavy atom. The van der Waals surface area contributed by atoms with Crippen LogP contribution in [-0.2, 0) is 24.3 Å². The zero-order chi connectivity index (χ0) is 23.3. The topological polar surface area (TPSA) is 102 Å². The third-order valence-electron chi connectivity index (χ3n) is 5.24. The van der Waals surface area contributed by atoms with Gasteiger partial charge in [-0.25, -0.2) is 13.2 Å². The molecule has 8 nitrogen and oxygen atoms in total. The number of amides is 1. The van der Waals surface area contributed by atoms with Crippen LogP contribution in [0.3, 0.4) is 0 Å². The second kappa shape index (κ2) is 10.2. The molecule has 0 unspecified atom stereocenters. The molecule has 3 rings (SSSR count). The van der Waals surface area contributed by atoms with Crippen LogP contribution in [-0.4, -0.2) is 57.5 Å². The molecule has 1 saturated heterocycles. The van der Waals surface area contributed by atoms with Crippen molar-refractivity contribution in [2.45, 2.75) is 31.6 Å². The molecule has 0 saturated carbocycles. The highest BCUT2D eigenvalue weighted by molar-refractivity contribution is 7.89. The highest BCUT2D eigenvalue weighted by Gasteiger charge is 2.27. The van der Waals surface area contributed by atoms with E-state index in [1.54, 1.807) is 25.1 Å². The SMILES string of the molecule is Cc1ccc(S(=O)(=O)N2CCOCC2)cc1NC(=O)COC(=O)c1ccc(C(C)C)cc1. The summed E-state index contributed by atoms with van der Waals surface area (Å²) < 4.78 is 37.4. The summed E-state index contributed by atoms with van der Waals surface area (Å²) in [5, 5.41) is 2.63. The van der Waals surface area contributed by atoms with E-state index < -0.39 is 28.5 Å². The Balaban J connectivity index is 1.63. The summed E-state index contributed by atoms with van der Waals surface area (Å²) in [6, 6.07) is 11.6. The van der Waals surface area contributed by atoms with Crippen molar-refractivity contribution < 1.29 is 27.5 Å². The predicted octanol–water partition coefficient (Wildman–Crippen LogP) is 2.93. The summed E-state index contributed by atoms with van der Waals surface area (Å²) in [5.74, 6) is -0.811. The maximum absolute atomic E-state index is 12.9. The molecule has 1 aliphatic rings. The van der Waals surface area contributed by atoms with Gasteiger partial charge in [-0.1, -0.05) is 32.0 Å². The molecular formula is C23H28N2O6S. The van der Waals surface area contributed by atoms with E-state index in [9.17, 15) is 18.0 Å². The van der Waals surface area contributed by atoms with Crippen molar-refractivity contribution in [3.63, 3.8) is 0 Å². The number of nitrogens with one attached hydrogen (secondary N) is 1. The van der Waals surface area contributed by atoms with Crippen LogP contribution in [0.15, 0.2) is 47.4 Å². The molecule has 0 aliphatic carbocycles. The van der Waals surface area contributed by atoms with Crippen LogP contribution in [0.2, 0.25) is 0 Å². The number of sulfonamides is 1. The first-order valence-corrected chi connectivity index (χ1v) is 11.9. The Hall–Kier alpha value is -2.75. The fourth-order valence-electron chi connectivity index (χ4n) is 3.24. The molecule has 0 spiro atoms.